The molecule has 0 amide bonds. The fraction of sp³-hybridized carbons (Fsp3) is 0.867. The standard InChI is InChI=1S/C15H29NO/c1-6-16-14(12(3)4)15(17-7-2)10-8-13(5)9-11-15/h13-14,16H,3,6-11H2,1-2,4-5H3. The summed E-state index contributed by atoms with van der Waals surface area (Å²) in [6.45, 7) is 14.6. The third-order valence-electron chi connectivity index (χ3n) is 3.98. The predicted molar refractivity (Wildman–Crippen MR) is 74.3 cm³/mol. The first kappa shape index (κ1) is 14.7. The molecular weight excluding hydrogens is 210 g/mol. The first-order valence-corrected chi connectivity index (χ1v) is 7.08. The summed E-state index contributed by atoms with van der Waals surface area (Å²) in [5.74, 6) is 0.843. The molecule has 0 spiro atoms. The topological polar surface area (TPSA) is 21.3 Å². The van der Waals surface area contributed by atoms with Crippen LogP contribution in [0.15, 0.2) is 12.2 Å². The van der Waals surface area contributed by atoms with Gasteiger partial charge in [-0.2, -0.15) is 0 Å². The van der Waals surface area contributed by atoms with Gasteiger partial charge in [0.05, 0.1) is 11.6 Å². The first-order chi connectivity index (χ1) is 8.05. The maximum absolute atomic E-state index is 6.17. The Labute approximate surface area is 107 Å². The monoisotopic (exact) mass is 239 g/mol. The molecule has 0 aliphatic heterocycles. The van der Waals surface area contributed by atoms with Gasteiger partial charge in [-0.15, -0.1) is 0 Å². The van der Waals surface area contributed by atoms with Crippen molar-refractivity contribution in [1.29, 1.82) is 0 Å². The van der Waals surface area contributed by atoms with Crippen molar-refractivity contribution in [1.82, 2.24) is 5.32 Å². The zero-order valence-electron chi connectivity index (χ0n) is 12.0. The second-order valence-corrected chi connectivity index (χ2v) is 5.52. The van der Waals surface area contributed by atoms with Gasteiger partial charge in [0.1, 0.15) is 0 Å². The molecule has 1 atom stereocenters. The molecular formula is C15H29NO. The number of rotatable bonds is 6. The van der Waals surface area contributed by atoms with Crippen molar-refractivity contribution in [2.45, 2.75) is 65.0 Å². The molecule has 2 nitrogen and oxygen atoms in total. The van der Waals surface area contributed by atoms with E-state index < -0.39 is 0 Å². The molecule has 17 heavy (non-hydrogen) atoms. The molecule has 0 bridgehead atoms. The molecule has 1 saturated carbocycles. The lowest BCUT2D eigenvalue weighted by Gasteiger charge is -2.45. The number of nitrogens with one attached hydrogen (secondary N) is 1. The van der Waals surface area contributed by atoms with Gasteiger partial charge in [-0.3, -0.25) is 0 Å². The molecule has 2 heteroatoms. The van der Waals surface area contributed by atoms with E-state index in [1.165, 1.54) is 18.4 Å². The lowest BCUT2D eigenvalue weighted by molar-refractivity contribution is -0.0881. The van der Waals surface area contributed by atoms with Gasteiger partial charge in [-0.05, 0) is 52.0 Å². The van der Waals surface area contributed by atoms with Gasteiger partial charge in [0.2, 0.25) is 0 Å². The highest BCUT2D eigenvalue weighted by Crippen LogP contribution is 2.39. The molecule has 0 aromatic carbocycles. The zero-order valence-corrected chi connectivity index (χ0v) is 12.0. The fourth-order valence-electron chi connectivity index (χ4n) is 3.07. The molecule has 0 heterocycles. The predicted octanol–water partition coefficient (Wildman–Crippen LogP) is 3.53. The Balaban J connectivity index is 2.84. The molecule has 1 rings (SSSR count). The normalized spacial score (nSPS) is 31.2. The van der Waals surface area contributed by atoms with Gasteiger partial charge in [0, 0.05) is 6.61 Å². The molecule has 1 N–H and O–H groups in total. The maximum Gasteiger partial charge on any atom is 0.0872 e. The van der Waals surface area contributed by atoms with E-state index in [4.69, 9.17) is 4.74 Å². The summed E-state index contributed by atoms with van der Waals surface area (Å²) in [4.78, 5) is 0. The van der Waals surface area contributed by atoms with E-state index in [9.17, 15) is 0 Å². The quantitative estimate of drug-likeness (QED) is 0.716. The lowest BCUT2D eigenvalue weighted by atomic mass is 9.73. The van der Waals surface area contributed by atoms with E-state index in [2.05, 4.69) is 39.6 Å². The van der Waals surface area contributed by atoms with E-state index >= 15 is 0 Å². The molecule has 0 saturated heterocycles. The summed E-state index contributed by atoms with van der Waals surface area (Å²) >= 11 is 0. The second kappa shape index (κ2) is 6.55. The van der Waals surface area contributed by atoms with Gasteiger partial charge in [-0.25, -0.2) is 0 Å². The van der Waals surface area contributed by atoms with Crippen LogP contribution in [0.2, 0.25) is 0 Å². The van der Waals surface area contributed by atoms with Crippen LogP contribution in [-0.2, 0) is 4.74 Å². The molecule has 0 radical (unpaired) electrons. The average molecular weight is 239 g/mol. The Hall–Kier alpha value is -0.340. The van der Waals surface area contributed by atoms with E-state index in [-0.39, 0.29) is 5.60 Å². The van der Waals surface area contributed by atoms with Crippen molar-refractivity contribution >= 4 is 0 Å². The first-order valence-electron chi connectivity index (χ1n) is 7.08. The minimum absolute atomic E-state index is 0.0108. The van der Waals surface area contributed by atoms with Crippen LogP contribution in [0.25, 0.3) is 0 Å². The van der Waals surface area contributed by atoms with Crippen LogP contribution < -0.4 is 5.32 Å². The summed E-state index contributed by atoms with van der Waals surface area (Å²) in [5, 5.41) is 3.57. The third kappa shape index (κ3) is 3.56. The van der Waals surface area contributed by atoms with Crippen LogP contribution >= 0.6 is 0 Å². The highest BCUT2D eigenvalue weighted by Gasteiger charge is 2.41. The minimum Gasteiger partial charge on any atom is -0.373 e. The summed E-state index contributed by atoms with van der Waals surface area (Å²) in [6, 6.07) is 0.306. The maximum atomic E-state index is 6.17. The number of hydrogen-bond acceptors (Lipinski definition) is 2. The van der Waals surface area contributed by atoms with E-state index in [0.29, 0.717) is 6.04 Å². The summed E-state index contributed by atoms with van der Waals surface area (Å²) in [6.07, 6.45) is 4.86. The van der Waals surface area contributed by atoms with Crippen LogP contribution in [0.1, 0.15) is 53.4 Å². The summed E-state index contributed by atoms with van der Waals surface area (Å²) in [5.41, 5.74) is 1.19. The van der Waals surface area contributed by atoms with Crippen molar-refractivity contribution in [2.75, 3.05) is 13.2 Å². The Morgan fingerprint density at radius 1 is 1.41 bits per heavy atom. The highest BCUT2D eigenvalue weighted by atomic mass is 16.5. The minimum atomic E-state index is -0.0108. The van der Waals surface area contributed by atoms with Crippen LogP contribution in [-0.4, -0.2) is 24.8 Å². The fourth-order valence-corrected chi connectivity index (χ4v) is 3.07. The smallest absolute Gasteiger partial charge is 0.0872 e. The van der Waals surface area contributed by atoms with Crippen LogP contribution in [0.5, 0.6) is 0 Å². The van der Waals surface area contributed by atoms with Crippen molar-refractivity contribution in [3.05, 3.63) is 12.2 Å². The summed E-state index contributed by atoms with van der Waals surface area (Å²) < 4.78 is 6.17. The van der Waals surface area contributed by atoms with E-state index in [0.717, 1.165) is 31.9 Å². The number of hydrogen-bond donors (Lipinski definition) is 1. The van der Waals surface area contributed by atoms with Gasteiger partial charge >= 0.3 is 0 Å². The Morgan fingerprint density at radius 2 is 2.00 bits per heavy atom. The van der Waals surface area contributed by atoms with E-state index in [1.807, 2.05) is 0 Å². The Morgan fingerprint density at radius 3 is 2.41 bits per heavy atom. The van der Waals surface area contributed by atoms with Crippen LogP contribution in [0.4, 0.5) is 0 Å². The summed E-state index contributed by atoms with van der Waals surface area (Å²) in [7, 11) is 0. The zero-order chi connectivity index (χ0) is 12.9. The van der Waals surface area contributed by atoms with Gasteiger partial charge in [0.15, 0.2) is 0 Å². The molecule has 0 aromatic rings. The van der Waals surface area contributed by atoms with Gasteiger partial charge < -0.3 is 10.1 Å². The molecule has 0 aromatic heterocycles. The molecule has 1 unspecified atom stereocenters. The van der Waals surface area contributed by atoms with Crippen LogP contribution in [0.3, 0.4) is 0 Å². The van der Waals surface area contributed by atoms with Gasteiger partial charge in [-0.1, -0.05) is 26.0 Å². The molecule has 1 fully saturated rings. The highest BCUT2D eigenvalue weighted by molar-refractivity contribution is 5.13. The van der Waals surface area contributed by atoms with Crippen molar-refractivity contribution < 1.29 is 4.74 Å². The number of ether oxygens (including phenoxy) is 1. The van der Waals surface area contributed by atoms with E-state index in [1.54, 1.807) is 0 Å². The van der Waals surface area contributed by atoms with Crippen molar-refractivity contribution in [2.24, 2.45) is 5.92 Å². The Bertz CT molecular complexity index is 241. The Kier molecular flexibility index (Phi) is 5.68. The largest absolute Gasteiger partial charge is 0.373 e. The van der Waals surface area contributed by atoms with Crippen molar-refractivity contribution in [3.63, 3.8) is 0 Å². The average Bonchev–Trinajstić information content (AvgIpc) is 2.29. The SMILES string of the molecule is C=C(C)C(NCC)C1(OCC)CCC(C)CC1. The lowest BCUT2D eigenvalue weighted by Crippen LogP contribution is -2.54. The van der Waals surface area contributed by atoms with Crippen molar-refractivity contribution in [3.8, 4) is 0 Å². The molecule has 1 aliphatic rings. The molecule has 100 valence electrons. The van der Waals surface area contributed by atoms with Gasteiger partial charge in [0.25, 0.3) is 0 Å². The third-order valence-corrected chi connectivity index (χ3v) is 3.98. The number of likely N-dealkylation sites (N-methyl/N-ethyl adjacent to an activating group) is 1. The van der Waals surface area contributed by atoms with Crippen LogP contribution in [0, 0.1) is 5.92 Å². The second-order valence-electron chi connectivity index (χ2n) is 5.52. The molecule has 1 aliphatic carbocycles.